The van der Waals surface area contributed by atoms with Gasteiger partial charge in [0.1, 0.15) is 11.4 Å². The fraction of sp³-hybridized carbons (Fsp3) is 0.100. The van der Waals surface area contributed by atoms with Gasteiger partial charge in [0, 0.05) is 11.6 Å². The quantitative estimate of drug-likeness (QED) is 0.623. The largest absolute Gasteiger partial charge is 0.495 e. The molecule has 0 atom stereocenters. The smallest absolute Gasteiger partial charge is 0.278 e. The minimum absolute atomic E-state index is 0.131. The number of nitrogens with zero attached hydrogens (tertiary/aromatic N) is 1. The van der Waals surface area contributed by atoms with Crippen molar-refractivity contribution >= 4 is 34.7 Å². The molecule has 2 amide bonds. The summed E-state index contributed by atoms with van der Waals surface area (Å²) < 4.78 is 5.32. The van der Waals surface area contributed by atoms with Crippen molar-refractivity contribution in [1.29, 1.82) is 0 Å². The standard InChI is InChI=1S/C20H17ClN2O3/c1-3-11-23-19(24)17(13-7-5-4-6-8-13)18(20(23)25)22-15-12-14(21)9-10-16(15)26-2/h3-10,12,22H,1,11H2,2H3. The summed E-state index contributed by atoms with van der Waals surface area (Å²) in [6.07, 6.45) is 1.52. The molecule has 5 nitrogen and oxygen atoms in total. The molecule has 0 aromatic heterocycles. The second-order valence-electron chi connectivity index (χ2n) is 5.60. The van der Waals surface area contributed by atoms with Crippen molar-refractivity contribution in [1.82, 2.24) is 4.90 Å². The predicted molar refractivity (Wildman–Crippen MR) is 102 cm³/mol. The van der Waals surface area contributed by atoms with Gasteiger partial charge >= 0.3 is 0 Å². The van der Waals surface area contributed by atoms with Crippen molar-refractivity contribution in [2.75, 3.05) is 19.0 Å². The molecule has 1 heterocycles. The van der Waals surface area contributed by atoms with Gasteiger partial charge in [-0.1, -0.05) is 48.0 Å². The molecule has 3 rings (SSSR count). The minimum Gasteiger partial charge on any atom is -0.495 e. The molecule has 0 aliphatic carbocycles. The monoisotopic (exact) mass is 368 g/mol. The number of carbonyl (C=O) groups excluding carboxylic acids is 2. The number of halogens is 1. The van der Waals surface area contributed by atoms with Crippen LogP contribution in [0.15, 0.2) is 66.9 Å². The number of imide groups is 1. The molecule has 0 fully saturated rings. The van der Waals surface area contributed by atoms with E-state index in [2.05, 4.69) is 11.9 Å². The first kappa shape index (κ1) is 17.8. The van der Waals surface area contributed by atoms with Crippen LogP contribution in [0, 0.1) is 0 Å². The molecular weight excluding hydrogens is 352 g/mol. The first-order valence-electron chi connectivity index (χ1n) is 7.94. The van der Waals surface area contributed by atoms with E-state index in [4.69, 9.17) is 16.3 Å². The lowest BCUT2D eigenvalue weighted by Gasteiger charge is -2.14. The molecule has 0 bridgehead atoms. The maximum Gasteiger partial charge on any atom is 0.278 e. The molecule has 6 heteroatoms. The van der Waals surface area contributed by atoms with Crippen LogP contribution >= 0.6 is 11.6 Å². The molecule has 2 aromatic rings. The Morgan fingerprint density at radius 2 is 1.88 bits per heavy atom. The molecular formula is C20H17ClN2O3. The van der Waals surface area contributed by atoms with Gasteiger partial charge in [-0.3, -0.25) is 14.5 Å². The lowest BCUT2D eigenvalue weighted by atomic mass is 10.0. The third-order valence-corrected chi connectivity index (χ3v) is 4.20. The lowest BCUT2D eigenvalue weighted by molar-refractivity contribution is -0.136. The Labute approximate surface area is 156 Å². The van der Waals surface area contributed by atoms with Crippen molar-refractivity contribution in [3.63, 3.8) is 0 Å². The van der Waals surface area contributed by atoms with E-state index in [0.717, 1.165) is 4.90 Å². The summed E-state index contributed by atoms with van der Waals surface area (Å²) in [6, 6.07) is 14.1. The van der Waals surface area contributed by atoms with E-state index < -0.39 is 5.91 Å². The zero-order valence-electron chi connectivity index (χ0n) is 14.2. The molecule has 1 aliphatic heterocycles. The number of hydrogen-bond acceptors (Lipinski definition) is 4. The maximum atomic E-state index is 12.8. The molecule has 0 radical (unpaired) electrons. The van der Waals surface area contributed by atoms with Crippen LogP contribution in [0.4, 0.5) is 5.69 Å². The first-order chi connectivity index (χ1) is 12.6. The Morgan fingerprint density at radius 3 is 2.54 bits per heavy atom. The molecule has 0 spiro atoms. The van der Waals surface area contributed by atoms with Crippen LogP contribution in [0.3, 0.4) is 0 Å². The second kappa shape index (κ2) is 7.45. The van der Waals surface area contributed by atoms with Crippen LogP contribution in [0.25, 0.3) is 5.57 Å². The Balaban J connectivity index is 2.12. The number of hydrogen-bond donors (Lipinski definition) is 1. The summed E-state index contributed by atoms with van der Waals surface area (Å²) in [5.74, 6) is -0.280. The average molecular weight is 369 g/mol. The Morgan fingerprint density at radius 1 is 1.15 bits per heavy atom. The summed E-state index contributed by atoms with van der Waals surface area (Å²) in [7, 11) is 1.52. The van der Waals surface area contributed by atoms with Gasteiger partial charge in [-0.2, -0.15) is 0 Å². The van der Waals surface area contributed by atoms with Crippen LogP contribution in [0.1, 0.15) is 5.56 Å². The van der Waals surface area contributed by atoms with Crippen LogP contribution in [0.2, 0.25) is 5.02 Å². The number of nitrogens with one attached hydrogen (secondary N) is 1. The van der Waals surface area contributed by atoms with Crippen molar-refractivity contribution < 1.29 is 14.3 Å². The van der Waals surface area contributed by atoms with Crippen molar-refractivity contribution in [2.45, 2.75) is 0 Å². The highest BCUT2D eigenvalue weighted by Crippen LogP contribution is 2.34. The zero-order valence-corrected chi connectivity index (χ0v) is 14.9. The number of amides is 2. The van der Waals surface area contributed by atoms with Gasteiger partial charge in [0.2, 0.25) is 0 Å². The van der Waals surface area contributed by atoms with Crippen LogP contribution in [-0.2, 0) is 9.59 Å². The van der Waals surface area contributed by atoms with Crippen molar-refractivity contribution in [2.24, 2.45) is 0 Å². The molecule has 1 N–H and O–H groups in total. The Bertz CT molecular complexity index is 907. The summed E-state index contributed by atoms with van der Waals surface area (Å²) >= 11 is 6.07. The number of methoxy groups -OCH3 is 1. The van der Waals surface area contributed by atoms with E-state index in [-0.39, 0.29) is 18.1 Å². The summed E-state index contributed by atoms with van der Waals surface area (Å²) in [4.78, 5) is 26.8. The highest BCUT2D eigenvalue weighted by molar-refractivity contribution is 6.36. The molecule has 0 saturated carbocycles. The topological polar surface area (TPSA) is 58.6 Å². The molecule has 0 saturated heterocycles. The van der Waals surface area contributed by atoms with Crippen LogP contribution in [0.5, 0.6) is 5.75 Å². The van der Waals surface area contributed by atoms with Gasteiger partial charge in [0.05, 0.1) is 18.4 Å². The third-order valence-electron chi connectivity index (χ3n) is 3.96. The number of carbonyl (C=O) groups is 2. The molecule has 132 valence electrons. The predicted octanol–water partition coefficient (Wildman–Crippen LogP) is 3.73. The van der Waals surface area contributed by atoms with Gasteiger partial charge < -0.3 is 10.1 Å². The zero-order chi connectivity index (χ0) is 18.7. The highest BCUT2D eigenvalue weighted by atomic mass is 35.5. The minimum atomic E-state index is -0.421. The fourth-order valence-corrected chi connectivity index (χ4v) is 2.94. The Hall–Kier alpha value is -3.05. The van der Waals surface area contributed by atoms with Crippen molar-refractivity contribution in [3.05, 3.63) is 77.5 Å². The average Bonchev–Trinajstić information content (AvgIpc) is 2.87. The fourth-order valence-electron chi connectivity index (χ4n) is 2.77. The number of benzene rings is 2. The van der Waals surface area contributed by atoms with Gasteiger partial charge in [0.25, 0.3) is 11.8 Å². The van der Waals surface area contributed by atoms with Gasteiger partial charge in [-0.25, -0.2) is 0 Å². The molecule has 26 heavy (non-hydrogen) atoms. The van der Waals surface area contributed by atoms with Crippen molar-refractivity contribution in [3.8, 4) is 5.75 Å². The normalized spacial score (nSPS) is 14.0. The third kappa shape index (κ3) is 3.21. The van der Waals surface area contributed by atoms with Gasteiger partial charge in [-0.15, -0.1) is 6.58 Å². The number of rotatable bonds is 6. The SMILES string of the molecule is C=CCN1C(=O)C(Nc2cc(Cl)ccc2OC)=C(c2ccccc2)C1=O. The van der Waals surface area contributed by atoms with Gasteiger partial charge in [0.15, 0.2) is 0 Å². The van der Waals surface area contributed by atoms with E-state index in [9.17, 15) is 9.59 Å². The highest BCUT2D eigenvalue weighted by Gasteiger charge is 2.38. The summed E-state index contributed by atoms with van der Waals surface area (Å²) in [5, 5.41) is 3.52. The first-order valence-corrected chi connectivity index (χ1v) is 8.32. The van der Waals surface area contributed by atoms with Crippen LogP contribution < -0.4 is 10.1 Å². The van der Waals surface area contributed by atoms with E-state index in [1.54, 1.807) is 30.3 Å². The van der Waals surface area contributed by atoms with E-state index >= 15 is 0 Å². The number of anilines is 1. The van der Waals surface area contributed by atoms with Crippen LogP contribution in [-0.4, -0.2) is 30.4 Å². The second-order valence-corrected chi connectivity index (χ2v) is 6.03. The summed E-state index contributed by atoms with van der Waals surface area (Å²) in [6.45, 7) is 3.75. The van der Waals surface area contributed by atoms with E-state index in [1.165, 1.54) is 13.2 Å². The molecule has 0 unspecified atom stereocenters. The van der Waals surface area contributed by atoms with Gasteiger partial charge in [-0.05, 0) is 23.8 Å². The maximum absolute atomic E-state index is 12.8. The number of ether oxygens (including phenoxy) is 1. The summed E-state index contributed by atoms with van der Waals surface area (Å²) in [5.41, 5.74) is 1.65. The van der Waals surface area contributed by atoms with E-state index in [0.29, 0.717) is 27.6 Å². The van der Waals surface area contributed by atoms with E-state index in [1.807, 2.05) is 18.2 Å². The Kier molecular flexibility index (Phi) is 5.09. The molecule has 2 aromatic carbocycles. The lowest BCUT2D eigenvalue weighted by Crippen LogP contribution is -2.32. The molecule has 1 aliphatic rings.